The molecule has 2 N–H and O–H groups in total. The molecule has 2 aromatic rings. The van der Waals surface area contributed by atoms with Crippen LogP contribution < -0.4 is 4.74 Å². The number of aromatic hydroxyl groups is 1. The molecule has 2 aromatic carbocycles. The van der Waals surface area contributed by atoms with E-state index >= 15 is 0 Å². The quantitative estimate of drug-likeness (QED) is 0.672. The van der Waals surface area contributed by atoms with E-state index in [-0.39, 0.29) is 17.5 Å². The van der Waals surface area contributed by atoms with E-state index in [0.29, 0.717) is 22.1 Å². The molecule has 0 fully saturated rings. The first-order chi connectivity index (χ1) is 11.3. The molecule has 0 amide bonds. The third kappa shape index (κ3) is 4.13. The van der Waals surface area contributed by atoms with Crippen LogP contribution in [0.2, 0.25) is 5.02 Å². The van der Waals surface area contributed by atoms with Crippen LogP contribution >= 0.6 is 23.2 Å². The molecule has 0 bridgehead atoms. The first-order valence-corrected chi connectivity index (χ1v) is 8.33. The summed E-state index contributed by atoms with van der Waals surface area (Å²) in [6.45, 7) is 3.94. The highest BCUT2D eigenvalue weighted by molar-refractivity contribution is 6.32. The number of carboxylic acid groups (broad SMARTS) is 1. The Morgan fingerprint density at radius 1 is 1.21 bits per heavy atom. The van der Waals surface area contributed by atoms with Crippen molar-refractivity contribution >= 4 is 29.2 Å². The Kier molecular flexibility index (Phi) is 5.97. The smallest absolute Gasteiger partial charge is 0.312 e. The molecule has 0 saturated heterocycles. The SMILES string of the molecule is CC(C)c1cc(Oc2ccc(C(CCl)C(=O)O)cc2Cl)ccc1O. The molecular formula is C18H18Cl2O4. The second-order valence-corrected chi connectivity index (χ2v) is 6.43. The van der Waals surface area contributed by atoms with Gasteiger partial charge in [0.25, 0.3) is 0 Å². The Balaban J connectivity index is 2.28. The highest BCUT2D eigenvalue weighted by atomic mass is 35.5. The van der Waals surface area contributed by atoms with Crippen LogP contribution in [-0.4, -0.2) is 22.1 Å². The number of hydrogen-bond donors (Lipinski definition) is 2. The molecular weight excluding hydrogens is 351 g/mol. The molecule has 0 aliphatic carbocycles. The normalized spacial score (nSPS) is 12.2. The average molecular weight is 369 g/mol. The van der Waals surface area contributed by atoms with E-state index in [4.69, 9.17) is 33.0 Å². The summed E-state index contributed by atoms with van der Waals surface area (Å²) in [5.41, 5.74) is 1.29. The Morgan fingerprint density at radius 2 is 1.92 bits per heavy atom. The maximum atomic E-state index is 11.2. The summed E-state index contributed by atoms with van der Waals surface area (Å²) in [7, 11) is 0. The van der Waals surface area contributed by atoms with Gasteiger partial charge in [-0.05, 0) is 41.8 Å². The van der Waals surface area contributed by atoms with Gasteiger partial charge in [0.15, 0.2) is 0 Å². The molecule has 1 atom stereocenters. The minimum atomic E-state index is -1.00. The fraction of sp³-hybridized carbons (Fsp3) is 0.278. The van der Waals surface area contributed by atoms with Gasteiger partial charge in [-0.15, -0.1) is 11.6 Å². The summed E-state index contributed by atoms with van der Waals surface area (Å²) >= 11 is 11.9. The number of carbonyl (C=O) groups is 1. The Labute approximate surface area is 150 Å². The predicted octanol–water partition coefficient (Wildman–Crippen LogP) is 5.37. The zero-order valence-corrected chi connectivity index (χ0v) is 14.8. The number of alkyl halides is 1. The van der Waals surface area contributed by atoms with Crippen LogP contribution in [-0.2, 0) is 4.79 Å². The van der Waals surface area contributed by atoms with Gasteiger partial charge in [-0.25, -0.2) is 0 Å². The number of phenolic OH excluding ortho intramolecular Hbond substituents is 1. The van der Waals surface area contributed by atoms with E-state index in [1.165, 1.54) is 0 Å². The van der Waals surface area contributed by atoms with Gasteiger partial charge in [-0.1, -0.05) is 31.5 Å². The molecule has 6 heteroatoms. The largest absolute Gasteiger partial charge is 0.508 e. The minimum absolute atomic E-state index is 0.0401. The number of hydrogen-bond acceptors (Lipinski definition) is 3. The fourth-order valence-corrected chi connectivity index (χ4v) is 2.84. The summed E-state index contributed by atoms with van der Waals surface area (Å²) in [6.07, 6.45) is 0. The lowest BCUT2D eigenvalue weighted by Crippen LogP contribution is -2.12. The number of rotatable bonds is 6. The Bertz CT molecular complexity index is 744. The van der Waals surface area contributed by atoms with Crippen molar-refractivity contribution in [1.82, 2.24) is 0 Å². The van der Waals surface area contributed by atoms with Crippen LogP contribution in [0.15, 0.2) is 36.4 Å². The molecule has 0 heterocycles. The van der Waals surface area contributed by atoms with Crippen molar-refractivity contribution in [2.24, 2.45) is 0 Å². The number of phenols is 1. The molecule has 1 unspecified atom stereocenters. The summed E-state index contributed by atoms with van der Waals surface area (Å²) in [6, 6.07) is 9.75. The van der Waals surface area contributed by atoms with Crippen molar-refractivity contribution in [1.29, 1.82) is 0 Å². The van der Waals surface area contributed by atoms with Crippen LogP contribution in [0.1, 0.15) is 36.8 Å². The standard InChI is InChI=1S/C18H18Cl2O4/c1-10(2)13-8-12(4-5-16(13)21)24-17-6-3-11(7-15(17)20)14(9-19)18(22)23/h3-8,10,14,21H,9H2,1-2H3,(H,22,23). The number of aliphatic carboxylic acids is 1. The van der Waals surface area contributed by atoms with E-state index in [0.717, 1.165) is 5.56 Å². The molecule has 0 aliphatic rings. The lowest BCUT2D eigenvalue weighted by Gasteiger charge is -2.14. The number of halogens is 2. The third-order valence-electron chi connectivity index (χ3n) is 3.66. The second-order valence-electron chi connectivity index (χ2n) is 5.71. The maximum Gasteiger partial charge on any atom is 0.312 e. The molecule has 0 aliphatic heterocycles. The summed E-state index contributed by atoms with van der Waals surface area (Å²) in [4.78, 5) is 11.2. The molecule has 0 saturated carbocycles. The van der Waals surface area contributed by atoms with Gasteiger partial charge in [-0.3, -0.25) is 4.79 Å². The van der Waals surface area contributed by atoms with E-state index in [2.05, 4.69) is 0 Å². The maximum absolute atomic E-state index is 11.2. The highest BCUT2D eigenvalue weighted by Gasteiger charge is 2.20. The molecule has 2 rings (SSSR count). The van der Waals surface area contributed by atoms with Crippen molar-refractivity contribution < 1.29 is 19.7 Å². The van der Waals surface area contributed by atoms with E-state index in [1.807, 2.05) is 13.8 Å². The summed E-state index contributed by atoms with van der Waals surface area (Å²) < 4.78 is 5.76. The van der Waals surface area contributed by atoms with Crippen molar-refractivity contribution in [3.8, 4) is 17.2 Å². The van der Waals surface area contributed by atoms with Crippen LogP contribution in [0.4, 0.5) is 0 Å². The number of benzene rings is 2. The van der Waals surface area contributed by atoms with Gasteiger partial charge in [0.1, 0.15) is 17.2 Å². The van der Waals surface area contributed by atoms with E-state index in [9.17, 15) is 9.90 Å². The molecule has 128 valence electrons. The van der Waals surface area contributed by atoms with Gasteiger partial charge >= 0.3 is 5.97 Å². The topological polar surface area (TPSA) is 66.8 Å². The fourth-order valence-electron chi connectivity index (χ4n) is 2.30. The summed E-state index contributed by atoms with van der Waals surface area (Å²) in [5.74, 6) is -0.564. The zero-order valence-electron chi connectivity index (χ0n) is 13.3. The van der Waals surface area contributed by atoms with Crippen LogP contribution in [0.5, 0.6) is 17.2 Å². The van der Waals surface area contributed by atoms with Crippen molar-refractivity contribution in [3.63, 3.8) is 0 Å². The number of ether oxygens (including phenoxy) is 1. The number of carboxylic acids is 1. The first-order valence-electron chi connectivity index (χ1n) is 7.42. The van der Waals surface area contributed by atoms with Crippen molar-refractivity contribution in [2.75, 3.05) is 5.88 Å². The highest BCUT2D eigenvalue weighted by Crippen LogP contribution is 2.35. The third-order valence-corrected chi connectivity index (χ3v) is 4.26. The van der Waals surface area contributed by atoms with Gasteiger partial charge < -0.3 is 14.9 Å². The molecule has 0 spiro atoms. The van der Waals surface area contributed by atoms with Gasteiger partial charge in [-0.2, -0.15) is 0 Å². The van der Waals surface area contributed by atoms with Crippen molar-refractivity contribution in [2.45, 2.75) is 25.7 Å². The average Bonchev–Trinajstić information content (AvgIpc) is 2.51. The van der Waals surface area contributed by atoms with Crippen LogP contribution in [0.3, 0.4) is 0 Å². The van der Waals surface area contributed by atoms with Crippen molar-refractivity contribution in [3.05, 3.63) is 52.5 Å². The molecule has 24 heavy (non-hydrogen) atoms. The molecule has 0 aromatic heterocycles. The second kappa shape index (κ2) is 7.77. The molecule has 0 radical (unpaired) electrons. The summed E-state index contributed by atoms with van der Waals surface area (Å²) in [5, 5.41) is 19.3. The molecule has 4 nitrogen and oxygen atoms in total. The predicted molar refractivity (Wildman–Crippen MR) is 94.8 cm³/mol. The zero-order chi connectivity index (χ0) is 17.9. The van der Waals surface area contributed by atoms with Gasteiger partial charge in [0.2, 0.25) is 0 Å². The Hall–Kier alpha value is -1.91. The lowest BCUT2D eigenvalue weighted by molar-refractivity contribution is -0.138. The minimum Gasteiger partial charge on any atom is -0.508 e. The Morgan fingerprint density at radius 3 is 2.46 bits per heavy atom. The van der Waals surface area contributed by atoms with Gasteiger partial charge in [0.05, 0.1) is 10.9 Å². The van der Waals surface area contributed by atoms with E-state index < -0.39 is 11.9 Å². The first kappa shape index (κ1) is 18.4. The van der Waals surface area contributed by atoms with Crippen LogP contribution in [0.25, 0.3) is 0 Å². The van der Waals surface area contributed by atoms with E-state index in [1.54, 1.807) is 36.4 Å². The monoisotopic (exact) mass is 368 g/mol. The lowest BCUT2D eigenvalue weighted by atomic mass is 10.0. The van der Waals surface area contributed by atoms with Crippen LogP contribution in [0, 0.1) is 0 Å². The van der Waals surface area contributed by atoms with Gasteiger partial charge in [0, 0.05) is 11.4 Å².